The Morgan fingerprint density at radius 1 is 0.913 bits per heavy atom. The van der Waals surface area contributed by atoms with Crippen molar-refractivity contribution in [2.75, 3.05) is 0 Å². The predicted molar refractivity (Wildman–Crippen MR) is 94.1 cm³/mol. The van der Waals surface area contributed by atoms with E-state index in [0.29, 0.717) is 11.8 Å². The van der Waals surface area contributed by atoms with Gasteiger partial charge in [0.25, 0.3) is 0 Å². The van der Waals surface area contributed by atoms with Crippen molar-refractivity contribution in [3.05, 3.63) is 23.7 Å². The molecular formula is C19H31BO3. The van der Waals surface area contributed by atoms with Crippen LogP contribution in [0, 0.1) is 11.8 Å². The maximum atomic E-state index is 6.59. The lowest BCUT2D eigenvalue weighted by molar-refractivity contribution is -0.115. The summed E-state index contributed by atoms with van der Waals surface area (Å²) in [5, 5.41) is 0. The first-order valence-corrected chi connectivity index (χ1v) is 8.91. The second kappa shape index (κ2) is 4.97. The Labute approximate surface area is 141 Å². The van der Waals surface area contributed by atoms with Gasteiger partial charge < -0.3 is 14.0 Å². The summed E-state index contributed by atoms with van der Waals surface area (Å²) in [5.74, 6) is 0.780. The van der Waals surface area contributed by atoms with Gasteiger partial charge in [0.2, 0.25) is 0 Å². The average Bonchev–Trinajstić information content (AvgIpc) is 2.82. The number of hydrogen-bond donors (Lipinski definition) is 0. The largest absolute Gasteiger partial charge is 0.490 e. The van der Waals surface area contributed by atoms with Crippen LogP contribution in [0.5, 0.6) is 0 Å². The van der Waals surface area contributed by atoms with Crippen LogP contribution in [-0.4, -0.2) is 29.5 Å². The van der Waals surface area contributed by atoms with Crippen LogP contribution in [0.25, 0.3) is 0 Å². The van der Waals surface area contributed by atoms with Crippen LogP contribution >= 0.6 is 0 Å². The zero-order valence-electron chi connectivity index (χ0n) is 15.9. The maximum Gasteiger partial charge on any atom is 0.490 e. The normalized spacial score (nSPS) is 37.8. The average molecular weight is 318 g/mol. The van der Waals surface area contributed by atoms with Gasteiger partial charge in [0.1, 0.15) is 5.60 Å². The number of rotatable bonds is 3. The topological polar surface area (TPSA) is 27.7 Å². The molecule has 2 bridgehead atoms. The summed E-state index contributed by atoms with van der Waals surface area (Å²) in [7, 11) is -0.278. The molecule has 0 aromatic rings. The molecule has 0 saturated carbocycles. The summed E-state index contributed by atoms with van der Waals surface area (Å²) >= 11 is 0. The first-order valence-electron chi connectivity index (χ1n) is 8.91. The van der Waals surface area contributed by atoms with E-state index in [0.717, 1.165) is 6.42 Å². The second-order valence-electron chi connectivity index (χ2n) is 9.04. The van der Waals surface area contributed by atoms with E-state index in [1.807, 2.05) is 0 Å². The zero-order valence-corrected chi connectivity index (χ0v) is 15.9. The monoisotopic (exact) mass is 318 g/mol. The van der Waals surface area contributed by atoms with Crippen molar-refractivity contribution >= 4 is 7.12 Å². The van der Waals surface area contributed by atoms with Gasteiger partial charge in [-0.2, -0.15) is 0 Å². The van der Waals surface area contributed by atoms with Gasteiger partial charge in [-0.1, -0.05) is 39.8 Å². The Kier molecular flexibility index (Phi) is 3.73. The van der Waals surface area contributed by atoms with Gasteiger partial charge in [-0.05, 0) is 57.5 Å². The van der Waals surface area contributed by atoms with E-state index in [2.05, 4.69) is 73.6 Å². The molecule has 1 fully saturated rings. The summed E-state index contributed by atoms with van der Waals surface area (Å²) in [5.41, 5.74) is 0.0418. The number of fused-ring (bicyclic) bond motifs is 2. The van der Waals surface area contributed by atoms with Crippen LogP contribution in [0.2, 0.25) is 0 Å². The van der Waals surface area contributed by atoms with Crippen LogP contribution in [0.4, 0.5) is 0 Å². The highest BCUT2D eigenvalue weighted by molar-refractivity contribution is 6.54. The minimum Gasteiger partial charge on any atom is -0.400 e. The standard InChI is InChI=1S/C19H31BO3/c1-13(2)18-9-10-19(21-18,14(3)4)12-15(11-18)20-22-16(5,6)17(7,8)23-20/h9-11,13-14H,12H2,1-8H3. The molecule has 3 aliphatic heterocycles. The molecule has 3 aliphatic rings. The lowest BCUT2D eigenvalue weighted by Crippen LogP contribution is -2.48. The molecule has 0 amide bonds. The minimum absolute atomic E-state index is 0.238. The van der Waals surface area contributed by atoms with Crippen LogP contribution in [0.15, 0.2) is 23.7 Å². The lowest BCUT2D eigenvalue weighted by atomic mass is 9.67. The van der Waals surface area contributed by atoms with Gasteiger partial charge in [-0.25, -0.2) is 0 Å². The molecule has 0 radical (unpaired) electrons. The molecule has 2 unspecified atom stereocenters. The molecule has 0 aromatic heterocycles. The van der Waals surface area contributed by atoms with E-state index in [1.54, 1.807) is 0 Å². The van der Waals surface area contributed by atoms with Gasteiger partial charge in [0, 0.05) is 0 Å². The molecule has 0 spiro atoms. The van der Waals surface area contributed by atoms with Crippen molar-refractivity contribution in [2.24, 2.45) is 11.8 Å². The van der Waals surface area contributed by atoms with Crippen molar-refractivity contribution in [2.45, 2.75) is 84.2 Å². The van der Waals surface area contributed by atoms with Gasteiger partial charge in [0.15, 0.2) is 0 Å². The molecular weight excluding hydrogens is 287 g/mol. The molecule has 0 aliphatic carbocycles. The fourth-order valence-electron chi connectivity index (χ4n) is 3.64. The Hall–Kier alpha value is -0.575. The SMILES string of the molecule is CC(C)C12C=CC(C(C)C)(CC(B3OC(C)(C)C(C)(C)O3)=C1)O2. The van der Waals surface area contributed by atoms with Crippen molar-refractivity contribution in [3.63, 3.8) is 0 Å². The third kappa shape index (κ3) is 2.45. The van der Waals surface area contributed by atoms with E-state index >= 15 is 0 Å². The van der Waals surface area contributed by atoms with E-state index in [9.17, 15) is 0 Å². The molecule has 3 heterocycles. The second-order valence-corrected chi connectivity index (χ2v) is 9.04. The van der Waals surface area contributed by atoms with Gasteiger partial charge in [-0.15, -0.1) is 0 Å². The fourth-order valence-corrected chi connectivity index (χ4v) is 3.64. The minimum atomic E-state index is -0.332. The van der Waals surface area contributed by atoms with Crippen molar-refractivity contribution in [1.29, 1.82) is 0 Å². The molecule has 1 saturated heterocycles. The Bertz CT molecular complexity index is 545. The van der Waals surface area contributed by atoms with Gasteiger partial charge >= 0.3 is 7.12 Å². The molecule has 3 nitrogen and oxygen atoms in total. The summed E-state index contributed by atoms with van der Waals surface area (Å²) in [6.45, 7) is 17.3. The Balaban J connectivity index is 1.97. The van der Waals surface area contributed by atoms with Crippen LogP contribution in [0.3, 0.4) is 0 Å². The van der Waals surface area contributed by atoms with Gasteiger partial charge in [0.05, 0.1) is 16.8 Å². The number of ether oxygens (including phenoxy) is 1. The zero-order chi connectivity index (χ0) is 17.3. The van der Waals surface area contributed by atoms with Crippen molar-refractivity contribution in [1.82, 2.24) is 0 Å². The lowest BCUT2D eigenvalue weighted by Gasteiger charge is -2.44. The molecule has 4 heteroatoms. The molecule has 2 atom stereocenters. The smallest absolute Gasteiger partial charge is 0.400 e. The Morgan fingerprint density at radius 2 is 1.48 bits per heavy atom. The molecule has 0 aromatic carbocycles. The van der Waals surface area contributed by atoms with E-state index in [4.69, 9.17) is 14.0 Å². The van der Waals surface area contributed by atoms with E-state index in [-0.39, 0.29) is 29.5 Å². The molecule has 0 N–H and O–H groups in total. The fraction of sp³-hybridized carbons (Fsp3) is 0.789. The highest BCUT2D eigenvalue weighted by Gasteiger charge is 2.57. The number of hydrogen-bond acceptors (Lipinski definition) is 3. The maximum absolute atomic E-state index is 6.59. The van der Waals surface area contributed by atoms with Crippen LogP contribution < -0.4 is 0 Å². The molecule has 128 valence electrons. The van der Waals surface area contributed by atoms with Crippen molar-refractivity contribution < 1.29 is 14.0 Å². The quantitative estimate of drug-likeness (QED) is 0.573. The van der Waals surface area contributed by atoms with Crippen molar-refractivity contribution in [3.8, 4) is 0 Å². The predicted octanol–water partition coefficient (Wildman–Crippen LogP) is 4.32. The summed E-state index contributed by atoms with van der Waals surface area (Å²) < 4.78 is 19.2. The third-order valence-corrected chi connectivity index (χ3v) is 6.32. The van der Waals surface area contributed by atoms with Gasteiger partial charge in [-0.3, -0.25) is 0 Å². The Morgan fingerprint density at radius 3 is 1.96 bits per heavy atom. The van der Waals surface area contributed by atoms with Crippen LogP contribution in [-0.2, 0) is 14.0 Å². The summed E-state index contributed by atoms with van der Waals surface area (Å²) in [6.07, 6.45) is 7.61. The highest BCUT2D eigenvalue weighted by atomic mass is 16.7. The molecule has 3 rings (SSSR count). The highest BCUT2D eigenvalue weighted by Crippen LogP contribution is 2.51. The van der Waals surface area contributed by atoms with E-state index in [1.165, 1.54) is 5.47 Å². The first kappa shape index (κ1) is 17.3. The first-order chi connectivity index (χ1) is 10.4. The van der Waals surface area contributed by atoms with Crippen LogP contribution in [0.1, 0.15) is 61.8 Å². The summed E-state index contributed by atoms with van der Waals surface area (Å²) in [4.78, 5) is 0. The van der Waals surface area contributed by atoms with E-state index < -0.39 is 0 Å². The molecule has 23 heavy (non-hydrogen) atoms. The summed E-state index contributed by atoms with van der Waals surface area (Å²) in [6, 6.07) is 0. The third-order valence-electron chi connectivity index (χ3n) is 6.32.